The quantitative estimate of drug-likeness (QED) is 0.594. The predicted octanol–water partition coefficient (Wildman–Crippen LogP) is 2.75. The van der Waals surface area contributed by atoms with Crippen LogP contribution >= 0.6 is 0 Å². The average molecular weight is 234 g/mol. The molecule has 0 aliphatic carbocycles. The molecule has 0 aliphatic heterocycles. The summed E-state index contributed by atoms with van der Waals surface area (Å²) >= 11 is 0. The summed E-state index contributed by atoms with van der Waals surface area (Å²) in [4.78, 5) is 22.9. The van der Waals surface area contributed by atoms with Crippen molar-refractivity contribution < 1.29 is 14.3 Å². The fourth-order valence-electron chi connectivity index (χ4n) is 1.71. The topological polar surface area (TPSA) is 43.4 Å². The molecule has 0 atom stereocenters. The van der Waals surface area contributed by atoms with Crippen LogP contribution in [0, 0.1) is 20.8 Å². The predicted molar refractivity (Wildman–Crippen MR) is 66.2 cm³/mol. The van der Waals surface area contributed by atoms with E-state index in [1.165, 1.54) is 12.7 Å². The van der Waals surface area contributed by atoms with Crippen molar-refractivity contribution in [1.82, 2.24) is 0 Å². The van der Waals surface area contributed by atoms with Gasteiger partial charge in [-0.05, 0) is 43.5 Å². The molecule has 1 aromatic carbocycles. The molecule has 1 aromatic rings. The highest BCUT2D eigenvalue weighted by Crippen LogP contribution is 2.17. The van der Waals surface area contributed by atoms with E-state index in [1.54, 1.807) is 0 Å². The zero-order chi connectivity index (χ0) is 13.0. The Morgan fingerprint density at radius 2 is 1.59 bits per heavy atom. The van der Waals surface area contributed by atoms with Crippen LogP contribution in [0.5, 0.6) is 0 Å². The molecule has 17 heavy (non-hydrogen) atoms. The van der Waals surface area contributed by atoms with E-state index in [2.05, 4.69) is 4.74 Å². The van der Waals surface area contributed by atoms with Gasteiger partial charge in [-0.15, -0.1) is 0 Å². The van der Waals surface area contributed by atoms with Crippen LogP contribution in [0.15, 0.2) is 12.1 Å². The summed E-state index contributed by atoms with van der Waals surface area (Å²) < 4.78 is 4.52. The zero-order valence-corrected chi connectivity index (χ0v) is 10.8. The summed E-state index contributed by atoms with van der Waals surface area (Å²) in [6, 6.07) is 3.89. The molecule has 0 amide bonds. The second-order valence-corrected chi connectivity index (χ2v) is 4.25. The lowest BCUT2D eigenvalue weighted by Crippen LogP contribution is -2.08. The molecule has 0 fully saturated rings. The molecule has 0 N–H and O–H groups in total. The van der Waals surface area contributed by atoms with Gasteiger partial charge in [0.05, 0.1) is 13.5 Å². The summed E-state index contributed by atoms with van der Waals surface area (Å²) in [5.74, 6) is -0.351. The second-order valence-electron chi connectivity index (χ2n) is 4.25. The number of benzene rings is 1. The molecular formula is C14H18O3. The third kappa shape index (κ3) is 3.41. The number of ether oxygens (including phenoxy) is 1. The van der Waals surface area contributed by atoms with Crippen molar-refractivity contribution in [3.05, 3.63) is 34.4 Å². The number of carbonyl (C=O) groups is 2. The fourth-order valence-corrected chi connectivity index (χ4v) is 1.71. The fraction of sp³-hybridized carbons (Fsp3) is 0.429. The third-order valence-electron chi connectivity index (χ3n) is 2.92. The van der Waals surface area contributed by atoms with Crippen molar-refractivity contribution >= 4 is 11.8 Å². The first kappa shape index (κ1) is 13.4. The summed E-state index contributed by atoms with van der Waals surface area (Å²) in [5, 5.41) is 0. The summed E-state index contributed by atoms with van der Waals surface area (Å²) in [7, 11) is 1.33. The van der Waals surface area contributed by atoms with E-state index < -0.39 is 0 Å². The van der Waals surface area contributed by atoms with Crippen LogP contribution in [-0.4, -0.2) is 18.9 Å². The van der Waals surface area contributed by atoms with E-state index in [4.69, 9.17) is 0 Å². The molecule has 0 aromatic heterocycles. The summed E-state index contributed by atoms with van der Waals surface area (Å²) in [6.45, 7) is 5.91. The third-order valence-corrected chi connectivity index (χ3v) is 2.92. The molecule has 1 rings (SSSR count). The van der Waals surface area contributed by atoms with Gasteiger partial charge in [0.15, 0.2) is 5.78 Å². The van der Waals surface area contributed by atoms with Crippen molar-refractivity contribution in [2.24, 2.45) is 0 Å². The maximum Gasteiger partial charge on any atom is 0.305 e. The Kier molecular flexibility index (Phi) is 4.44. The summed E-state index contributed by atoms with van der Waals surface area (Å²) in [5.41, 5.74) is 3.93. The van der Waals surface area contributed by atoms with Crippen LogP contribution in [0.25, 0.3) is 0 Å². The number of carbonyl (C=O) groups excluding carboxylic acids is 2. The number of hydrogen-bond donors (Lipinski definition) is 0. The molecular weight excluding hydrogens is 216 g/mol. The minimum Gasteiger partial charge on any atom is -0.469 e. The van der Waals surface area contributed by atoms with Gasteiger partial charge < -0.3 is 4.74 Å². The van der Waals surface area contributed by atoms with Crippen LogP contribution in [0.2, 0.25) is 0 Å². The lowest BCUT2D eigenvalue weighted by Gasteiger charge is -2.08. The van der Waals surface area contributed by atoms with E-state index in [1.807, 2.05) is 32.9 Å². The van der Waals surface area contributed by atoms with E-state index in [0.29, 0.717) is 5.56 Å². The maximum absolute atomic E-state index is 11.9. The molecule has 0 saturated heterocycles. The van der Waals surface area contributed by atoms with E-state index in [-0.39, 0.29) is 24.6 Å². The molecule has 3 nitrogen and oxygen atoms in total. The Bertz CT molecular complexity index is 447. The molecule has 0 unspecified atom stereocenters. The lowest BCUT2D eigenvalue weighted by atomic mass is 9.96. The molecule has 0 aliphatic rings. The number of rotatable bonds is 4. The highest BCUT2D eigenvalue weighted by atomic mass is 16.5. The Labute approximate surface area is 102 Å². The number of hydrogen-bond acceptors (Lipinski definition) is 3. The number of aryl methyl sites for hydroxylation is 3. The molecule has 0 bridgehead atoms. The second kappa shape index (κ2) is 5.62. The van der Waals surface area contributed by atoms with Gasteiger partial charge in [-0.3, -0.25) is 9.59 Å². The number of Topliss-reactive ketones (excluding diaryl/α,β-unsaturated/α-hetero) is 1. The molecule has 0 heterocycles. The van der Waals surface area contributed by atoms with E-state index >= 15 is 0 Å². The lowest BCUT2D eigenvalue weighted by molar-refractivity contribution is -0.140. The van der Waals surface area contributed by atoms with Crippen LogP contribution in [0.1, 0.15) is 39.9 Å². The van der Waals surface area contributed by atoms with Crippen molar-refractivity contribution in [2.45, 2.75) is 33.6 Å². The van der Waals surface area contributed by atoms with Gasteiger partial charge in [-0.1, -0.05) is 6.07 Å². The first-order valence-corrected chi connectivity index (χ1v) is 5.63. The minimum atomic E-state index is -0.347. The van der Waals surface area contributed by atoms with Gasteiger partial charge in [-0.25, -0.2) is 0 Å². The highest BCUT2D eigenvalue weighted by Gasteiger charge is 2.12. The summed E-state index contributed by atoms with van der Waals surface area (Å²) in [6.07, 6.45) is 0.345. The molecule has 3 heteroatoms. The maximum atomic E-state index is 11.9. The number of methoxy groups -OCH3 is 1. The Morgan fingerprint density at radius 1 is 1.00 bits per heavy atom. The normalized spacial score (nSPS) is 10.1. The first-order chi connectivity index (χ1) is 7.95. The van der Waals surface area contributed by atoms with Gasteiger partial charge in [0, 0.05) is 12.0 Å². The van der Waals surface area contributed by atoms with Crippen molar-refractivity contribution in [3.63, 3.8) is 0 Å². The van der Waals surface area contributed by atoms with Crippen LogP contribution in [0.4, 0.5) is 0 Å². The largest absolute Gasteiger partial charge is 0.469 e. The van der Waals surface area contributed by atoms with Crippen LogP contribution < -0.4 is 0 Å². The van der Waals surface area contributed by atoms with Gasteiger partial charge in [0.1, 0.15) is 0 Å². The van der Waals surface area contributed by atoms with E-state index in [0.717, 1.165) is 11.1 Å². The van der Waals surface area contributed by atoms with Crippen LogP contribution in [-0.2, 0) is 9.53 Å². The van der Waals surface area contributed by atoms with Crippen LogP contribution in [0.3, 0.4) is 0 Å². The molecule has 0 radical (unpaired) electrons. The van der Waals surface area contributed by atoms with Gasteiger partial charge in [-0.2, -0.15) is 0 Å². The molecule has 0 spiro atoms. The van der Waals surface area contributed by atoms with Crippen molar-refractivity contribution in [1.29, 1.82) is 0 Å². The highest BCUT2D eigenvalue weighted by molar-refractivity contribution is 5.99. The smallest absolute Gasteiger partial charge is 0.305 e. The van der Waals surface area contributed by atoms with Crippen molar-refractivity contribution in [2.75, 3.05) is 7.11 Å². The number of ketones is 1. The van der Waals surface area contributed by atoms with Gasteiger partial charge in [0.2, 0.25) is 0 Å². The monoisotopic (exact) mass is 234 g/mol. The number of esters is 1. The Hall–Kier alpha value is -1.64. The average Bonchev–Trinajstić information content (AvgIpc) is 2.30. The van der Waals surface area contributed by atoms with Crippen molar-refractivity contribution in [3.8, 4) is 0 Å². The molecule has 0 saturated carbocycles. The Balaban J connectivity index is 2.82. The van der Waals surface area contributed by atoms with Gasteiger partial charge in [0.25, 0.3) is 0 Å². The SMILES string of the molecule is COC(=O)CCC(=O)c1cc(C)c(C)cc1C. The van der Waals surface area contributed by atoms with E-state index in [9.17, 15) is 9.59 Å². The Morgan fingerprint density at radius 3 is 2.18 bits per heavy atom. The van der Waals surface area contributed by atoms with Gasteiger partial charge >= 0.3 is 5.97 Å². The first-order valence-electron chi connectivity index (χ1n) is 5.63. The zero-order valence-electron chi connectivity index (χ0n) is 10.8. The molecule has 92 valence electrons. The standard InChI is InChI=1S/C14H18O3/c1-9-7-11(3)12(8-10(9)2)13(15)5-6-14(16)17-4/h7-8H,5-6H2,1-4H3. The minimum absolute atomic E-state index is 0.00370.